The van der Waals surface area contributed by atoms with E-state index in [1.165, 1.54) is 36.9 Å². The fourth-order valence-corrected chi connectivity index (χ4v) is 6.75. The average Bonchev–Trinajstić information content (AvgIpc) is 3.51. The van der Waals surface area contributed by atoms with Gasteiger partial charge in [-0.05, 0) is 69.5 Å². The lowest BCUT2D eigenvalue weighted by atomic mass is 9.94. The van der Waals surface area contributed by atoms with Crippen LogP contribution in [0.5, 0.6) is 0 Å². The van der Waals surface area contributed by atoms with Crippen molar-refractivity contribution >= 4 is 44.7 Å². The largest absolute Gasteiger partial charge is 0.370 e. The van der Waals surface area contributed by atoms with E-state index in [0.29, 0.717) is 12.0 Å². The van der Waals surface area contributed by atoms with Gasteiger partial charge in [-0.15, -0.1) is 11.3 Å². The number of nitrogens with zero attached hydrogens (tertiary/aromatic N) is 5. The van der Waals surface area contributed by atoms with Crippen LogP contribution in [0, 0.1) is 0 Å². The number of nitrogens with one attached hydrogen (secondary N) is 1. The molecule has 4 heterocycles. The quantitative estimate of drug-likeness (QED) is 0.502. The summed E-state index contributed by atoms with van der Waals surface area (Å²) in [5, 5.41) is 4.55. The molecule has 1 aliphatic carbocycles. The molecule has 8 heteroatoms. The summed E-state index contributed by atoms with van der Waals surface area (Å²) in [5.41, 5.74) is 2.39. The second-order valence-electron chi connectivity index (χ2n) is 10.3. The summed E-state index contributed by atoms with van der Waals surface area (Å²) >= 11 is 1.58. The van der Waals surface area contributed by atoms with Gasteiger partial charge in [0.05, 0.1) is 21.5 Å². The maximum atomic E-state index is 13.0. The Morgan fingerprint density at radius 2 is 1.71 bits per heavy atom. The minimum absolute atomic E-state index is 0.0921. The lowest BCUT2D eigenvalue weighted by Crippen LogP contribution is -2.42. The van der Waals surface area contributed by atoms with Crippen LogP contribution in [0.3, 0.4) is 0 Å². The molecule has 35 heavy (non-hydrogen) atoms. The van der Waals surface area contributed by atoms with Crippen molar-refractivity contribution in [3.63, 3.8) is 0 Å². The fraction of sp³-hybridized carbons (Fsp3) is 0.519. The Hall–Kier alpha value is -2.71. The number of rotatable bonds is 6. The van der Waals surface area contributed by atoms with Crippen LogP contribution in [0.15, 0.2) is 30.6 Å². The molecule has 7 nitrogen and oxygen atoms in total. The smallest absolute Gasteiger partial charge is 0.263 e. The van der Waals surface area contributed by atoms with Crippen molar-refractivity contribution in [2.24, 2.45) is 0 Å². The summed E-state index contributed by atoms with van der Waals surface area (Å²) in [7, 11) is 8.00. The number of carbonyl (C=O) groups is 1. The van der Waals surface area contributed by atoms with E-state index in [1.807, 2.05) is 32.6 Å². The van der Waals surface area contributed by atoms with Crippen molar-refractivity contribution in [3.05, 3.63) is 41.0 Å². The minimum atomic E-state index is 0.0921. The number of fused-ring (bicyclic) bond motifs is 1. The van der Waals surface area contributed by atoms with Crippen LogP contribution in [0.2, 0.25) is 0 Å². The van der Waals surface area contributed by atoms with E-state index < -0.39 is 0 Å². The molecule has 1 saturated carbocycles. The Morgan fingerprint density at radius 1 is 1.00 bits per heavy atom. The molecule has 0 radical (unpaired) electrons. The van der Waals surface area contributed by atoms with Crippen LogP contribution >= 0.6 is 11.3 Å². The van der Waals surface area contributed by atoms with Crippen LogP contribution < -0.4 is 10.2 Å². The van der Waals surface area contributed by atoms with Gasteiger partial charge in [-0.25, -0.2) is 9.97 Å². The molecule has 0 bridgehead atoms. The molecule has 1 amide bonds. The first-order chi connectivity index (χ1) is 16.9. The van der Waals surface area contributed by atoms with Crippen LogP contribution in [0.25, 0.3) is 10.1 Å². The molecule has 0 spiro atoms. The zero-order valence-corrected chi connectivity index (χ0v) is 22.1. The van der Waals surface area contributed by atoms with Crippen molar-refractivity contribution in [1.82, 2.24) is 19.8 Å². The third-order valence-corrected chi connectivity index (χ3v) is 8.69. The topological polar surface area (TPSA) is 64.6 Å². The summed E-state index contributed by atoms with van der Waals surface area (Å²) in [6.45, 7) is 2.12. The number of anilines is 3. The van der Waals surface area contributed by atoms with Gasteiger partial charge in [0.1, 0.15) is 11.6 Å². The summed E-state index contributed by atoms with van der Waals surface area (Å²) in [4.78, 5) is 29.6. The molecule has 2 aliphatic rings. The van der Waals surface area contributed by atoms with Gasteiger partial charge in [0.25, 0.3) is 5.91 Å². The van der Waals surface area contributed by atoms with E-state index in [2.05, 4.69) is 51.3 Å². The van der Waals surface area contributed by atoms with Gasteiger partial charge in [-0.2, -0.15) is 0 Å². The first-order valence-electron chi connectivity index (χ1n) is 12.7. The van der Waals surface area contributed by atoms with Gasteiger partial charge in [0.2, 0.25) is 0 Å². The molecule has 1 N–H and O–H groups in total. The highest BCUT2D eigenvalue weighted by Crippen LogP contribution is 2.44. The highest BCUT2D eigenvalue weighted by atomic mass is 32.1. The van der Waals surface area contributed by atoms with E-state index in [9.17, 15) is 4.79 Å². The van der Waals surface area contributed by atoms with Gasteiger partial charge in [0.15, 0.2) is 0 Å². The Labute approximate surface area is 212 Å². The van der Waals surface area contributed by atoms with Crippen LogP contribution in [0.1, 0.15) is 59.7 Å². The van der Waals surface area contributed by atoms with Crippen molar-refractivity contribution in [2.75, 3.05) is 51.5 Å². The molecular weight excluding hydrogens is 456 g/mol. The van der Waals surface area contributed by atoms with Crippen molar-refractivity contribution in [1.29, 1.82) is 0 Å². The monoisotopic (exact) mass is 492 g/mol. The molecule has 1 saturated heterocycles. The zero-order chi connectivity index (χ0) is 24.5. The predicted molar refractivity (Wildman–Crippen MR) is 145 cm³/mol. The lowest BCUT2D eigenvalue weighted by Gasteiger charge is -2.36. The number of carbonyl (C=O) groups excluding carboxylic acids is 1. The Bertz CT molecular complexity index is 1170. The molecule has 0 atom stereocenters. The molecule has 3 aromatic rings. The highest BCUT2D eigenvalue weighted by Gasteiger charge is 2.28. The first kappa shape index (κ1) is 24.0. The third kappa shape index (κ3) is 5.00. The molecule has 186 valence electrons. The zero-order valence-electron chi connectivity index (χ0n) is 21.3. The normalized spacial score (nSPS) is 17.5. The predicted octanol–water partition coefficient (Wildman–Crippen LogP) is 5.32. The number of piperidine rings is 1. The van der Waals surface area contributed by atoms with Gasteiger partial charge < -0.3 is 20.0 Å². The van der Waals surface area contributed by atoms with Gasteiger partial charge in [0, 0.05) is 44.8 Å². The number of hydrogen-bond acceptors (Lipinski definition) is 7. The molecular formula is C27H36N6OS. The Kier molecular flexibility index (Phi) is 6.93. The Balaban J connectivity index is 1.36. The lowest BCUT2D eigenvalue weighted by molar-refractivity contribution is 0.0831. The minimum Gasteiger partial charge on any atom is -0.370 e. The van der Waals surface area contributed by atoms with Crippen molar-refractivity contribution < 1.29 is 4.79 Å². The molecule has 3 aromatic heterocycles. The molecule has 0 aromatic carbocycles. The highest BCUT2D eigenvalue weighted by molar-refractivity contribution is 7.21. The number of thiophene rings is 1. The summed E-state index contributed by atoms with van der Waals surface area (Å²) in [6.07, 6.45) is 11.0. The number of amides is 1. The molecule has 1 aliphatic heterocycles. The van der Waals surface area contributed by atoms with Crippen molar-refractivity contribution in [3.8, 4) is 0 Å². The maximum absolute atomic E-state index is 13.0. The number of hydrogen-bond donors (Lipinski definition) is 1. The summed E-state index contributed by atoms with van der Waals surface area (Å²) in [6, 6.07) is 6.95. The second kappa shape index (κ2) is 10.1. The van der Waals surface area contributed by atoms with E-state index in [0.717, 1.165) is 52.5 Å². The second-order valence-corrected chi connectivity index (χ2v) is 11.4. The maximum Gasteiger partial charge on any atom is 0.263 e. The van der Waals surface area contributed by atoms with E-state index in [1.54, 1.807) is 16.2 Å². The van der Waals surface area contributed by atoms with E-state index >= 15 is 0 Å². The van der Waals surface area contributed by atoms with E-state index in [4.69, 9.17) is 0 Å². The fourth-order valence-electron chi connectivity index (χ4n) is 5.49. The van der Waals surface area contributed by atoms with Crippen LogP contribution in [-0.2, 0) is 0 Å². The van der Waals surface area contributed by atoms with Crippen LogP contribution in [-0.4, -0.2) is 73.0 Å². The summed E-state index contributed by atoms with van der Waals surface area (Å²) < 4.78 is 1.08. The molecule has 5 rings (SSSR count). The van der Waals surface area contributed by atoms with Gasteiger partial charge in [-0.3, -0.25) is 4.79 Å². The molecule has 2 fully saturated rings. The standard InChI is InChI=1S/C27H36N6OS/c1-31(2)19-11-13-33(14-12-19)20-9-10-23(28-16-20)30-24-15-21-22(17-29-24)35-26(27(34)32(3)4)25(21)18-7-5-6-8-18/h9-10,15-19H,5-8,11-14H2,1-4H3,(H,28,29,30). The number of pyridine rings is 2. The van der Waals surface area contributed by atoms with Crippen molar-refractivity contribution in [2.45, 2.75) is 50.5 Å². The van der Waals surface area contributed by atoms with E-state index in [-0.39, 0.29) is 5.91 Å². The SMILES string of the molecule is CN(C)C(=O)c1sc2cnc(Nc3ccc(N4CCC(N(C)C)CC4)cn3)cc2c1C1CCCC1. The third-order valence-electron chi connectivity index (χ3n) is 7.54. The van der Waals surface area contributed by atoms with Gasteiger partial charge >= 0.3 is 0 Å². The molecule has 0 unspecified atom stereocenters. The number of aromatic nitrogens is 2. The summed E-state index contributed by atoms with van der Waals surface area (Å²) in [5.74, 6) is 2.10. The van der Waals surface area contributed by atoms with Crippen LogP contribution in [0.4, 0.5) is 17.3 Å². The Morgan fingerprint density at radius 3 is 2.34 bits per heavy atom. The average molecular weight is 493 g/mol. The first-order valence-corrected chi connectivity index (χ1v) is 13.5. The van der Waals surface area contributed by atoms with Gasteiger partial charge in [-0.1, -0.05) is 12.8 Å².